The molecule has 0 spiro atoms. The minimum absolute atomic E-state index is 0.593. The van der Waals surface area contributed by atoms with Gasteiger partial charge < -0.3 is 10.1 Å². The van der Waals surface area contributed by atoms with E-state index in [0.29, 0.717) is 6.04 Å². The molecule has 1 fully saturated rings. The summed E-state index contributed by atoms with van der Waals surface area (Å²) in [6, 6.07) is 6.80. The van der Waals surface area contributed by atoms with Crippen molar-refractivity contribution in [3.05, 3.63) is 28.2 Å². The van der Waals surface area contributed by atoms with Crippen LogP contribution in [-0.2, 0) is 6.54 Å². The lowest BCUT2D eigenvalue weighted by molar-refractivity contribution is 0.173. The van der Waals surface area contributed by atoms with Gasteiger partial charge in [-0.2, -0.15) is 0 Å². The molecule has 0 radical (unpaired) electrons. The van der Waals surface area contributed by atoms with Crippen LogP contribution in [0.3, 0.4) is 0 Å². The molecule has 0 aromatic heterocycles. The van der Waals surface area contributed by atoms with Crippen LogP contribution in [0.2, 0.25) is 0 Å². The van der Waals surface area contributed by atoms with E-state index in [9.17, 15) is 0 Å². The second-order valence-corrected chi connectivity index (χ2v) is 7.09. The van der Waals surface area contributed by atoms with Crippen LogP contribution in [0.4, 0.5) is 0 Å². The zero-order valence-electron chi connectivity index (χ0n) is 13.4. The van der Waals surface area contributed by atoms with Crippen LogP contribution in [0.1, 0.15) is 32.3 Å². The molecule has 0 atom stereocenters. The van der Waals surface area contributed by atoms with Gasteiger partial charge in [0.25, 0.3) is 0 Å². The number of ether oxygens (including phenoxy) is 1. The summed E-state index contributed by atoms with van der Waals surface area (Å²) >= 11 is 3.65. The molecule has 1 heterocycles. The van der Waals surface area contributed by atoms with Gasteiger partial charge in [0.15, 0.2) is 0 Å². The second-order valence-electron chi connectivity index (χ2n) is 6.24. The number of nitrogens with one attached hydrogen (secondary N) is 1. The molecule has 1 aromatic carbocycles. The molecule has 0 amide bonds. The number of benzene rings is 1. The molecule has 0 unspecified atom stereocenters. The normalized spacial score (nSPS) is 17.4. The molecular formula is C17H27BrN2O. The summed E-state index contributed by atoms with van der Waals surface area (Å²) in [4.78, 5) is 2.55. The molecule has 0 bridgehead atoms. The lowest BCUT2D eigenvalue weighted by atomic mass is 9.96. The van der Waals surface area contributed by atoms with Gasteiger partial charge in [-0.05, 0) is 62.2 Å². The Morgan fingerprint density at radius 2 is 2.05 bits per heavy atom. The summed E-state index contributed by atoms with van der Waals surface area (Å²) in [6.07, 6.45) is 2.59. The average molecular weight is 355 g/mol. The molecule has 1 N–H and O–H groups in total. The number of hydrogen-bond acceptors (Lipinski definition) is 3. The van der Waals surface area contributed by atoms with E-state index < -0.39 is 0 Å². The fraction of sp³-hybridized carbons (Fsp3) is 0.647. The van der Waals surface area contributed by atoms with Crippen molar-refractivity contribution in [1.29, 1.82) is 0 Å². The Labute approximate surface area is 137 Å². The summed E-state index contributed by atoms with van der Waals surface area (Å²) in [6.45, 7) is 8.98. The van der Waals surface area contributed by atoms with E-state index in [-0.39, 0.29) is 0 Å². The fourth-order valence-corrected chi connectivity index (χ4v) is 3.16. The van der Waals surface area contributed by atoms with E-state index in [0.717, 1.165) is 24.8 Å². The third-order valence-electron chi connectivity index (χ3n) is 4.17. The SMILES string of the molecule is COc1ccc(Br)c(CN2CCC(CNC(C)C)CC2)c1. The van der Waals surface area contributed by atoms with Crippen LogP contribution in [0, 0.1) is 5.92 Å². The Bertz CT molecular complexity index is 442. The van der Waals surface area contributed by atoms with E-state index in [2.05, 4.69) is 52.1 Å². The van der Waals surface area contributed by atoms with E-state index >= 15 is 0 Å². The smallest absolute Gasteiger partial charge is 0.119 e. The molecule has 1 aliphatic heterocycles. The minimum Gasteiger partial charge on any atom is -0.497 e. The zero-order valence-corrected chi connectivity index (χ0v) is 14.9. The van der Waals surface area contributed by atoms with Crippen molar-refractivity contribution >= 4 is 15.9 Å². The van der Waals surface area contributed by atoms with Gasteiger partial charge in [-0.3, -0.25) is 4.90 Å². The maximum atomic E-state index is 5.32. The third kappa shape index (κ3) is 5.28. The quantitative estimate of drug-likeness (QED) is 0.843. The average Bonchev–Trinajstić information content (AvgIpc) is 2.48. The second kappa shape index (κ2) is 8.16. The number of methoxy groups -OCH3 is 1. The zero-order chi connectivity index (χ0) is 15.2. The van der Waals surface area contributed by atoms with Gasteiger partial charge in [-0.25, -0.2) is 0 Å². The third-order valence-corrected chi connectivity index (χ3v) is 4.94. The van der Waals surface area contributed by atoms with E-state index in [4.69, 9.17) is 4.74 Å². The largest absolute Gasteiger partial charge is 0.497 e. The van der Waals surface area contributed by atoms with Gasteiger partial charge in [0.05, 0.1) is 7.11 Å². The van der Waals surface area contributed by atoms with Crippen LogP contribution in [-0.4, -0.2) is 37.7 Å². The molecule has 0 aliphatic carbocycles. The molecular weight excluding hydrogens is 328 g/mol. The molecule has 1 aromatic rings. The van der Waals surface area contributed by atoms with Gasteiger partial charge in [0.2, 0.25) is 0 Å². The molecule has 118 valence electrons. The number of rotatable bonds is 6. The van der Waals surface area contributed by atoms with Crippen LogP contribution in [0.15, 0.2) is 22.7 Å². The predicted octanol–water partition coefficient (Wildman–Crippen LogP) is 3.67. The van der Waals surface area contributed by atoms with Crippen molar-refractivity contribution in [3.8, 4) is 5.75 Å². The van der Waals surface area contributed by atoms with Crippen LogP contribution >= 0.6 is 15.9 Å². The summed E-state index contributed by atoms with van der Waals surface area (Å²) in [5.41, 5.74) is 1.31. The van der Waals surface area contributed by atoms with Gasteiger partial charge in [0.1, 0.15) is 5.75 Å². The topological polar surface area (TPSA) is 24.5 Å². The summed E-state index contributed by atoms with van der Waals surface area (Å²) in [7, 11) is 1.72. The Morgan fingerprint density at radius 3 is 2.67 bits per heavy atom. The molecule has 1 saturated heterocycles. The van der Waals surface area contributed by atoms with Gasteiger partial charge in [-0.1, -0.05) is 29.8 Å². The monoisotopic (exact) mass is 354 g/mol. The van der Waals surface area contributed by atoms with Gasteiger partial charge >= 0.3 is 0 Å². The molecule has 21 heavy (non-hydrogen) atoms. The lowest BCUT2D eigenvalue weighted by Gasteiger charge is -2.32. The van der Waals surface area contributed by atoms with Crippen molar-refractivity contribution in [2.24, 2.45) is 5.92 Å². The van der Waals surface area contributed by atoms with Gasteiger partial charge in [0, 0.05) is 17.1 Å². The highest BCUT2D eigenvalue weighted by atomic mass is 79.9. The van der Waals surface area contributed by atoms with E-state index in [1.807, 2.05) is 6.07 Å². The van der Waals surface area contributed by atoms with Crippen LogP contribution in [0.5, 0.6) is 5.75 Å². The first-order chi connectivity index (χ1) is 10.1. The molecule has 3 nitrogen and oxygen atoms in total. The summed E-state index contributed by atoms with van der Waals surface area (Å²) in [5, 5.41) is 3.56. The fourth-order valence-electron chi connectivity index (χ4n) is 2.79. The number of piperidine rings is 1. The molecule has 0 saturated carbocycles. The van der Waals surface area contributed by atoms with Crippen LogP contribution < -0.4 is 10.1 Å². The Balaban J connectivity index is 1.83. The first-order valence-electron chi connectivity index (χ1n) is 7.86. The van der Waals surface area contributed by atoms with Crippen molar-refractivity contribution in [2.45, 2.75) is 39.3 Å². The highest BCUT2D eigenvalue weighted by molar-refractivity contribution is 9.10. The number of halogens is 1. The van der Waals surface area contributed by atoms with Crippen LogP contribution in [0.25, 0.3) is 0 Å². The molecule has 1 aliphatic rings. The molecule has 4 heteroatoms. The summed E-state index contributed by atoms with van der Waals surface area (Å²) in [5.74, 6) is 1.77. The maximum absolute atomic E-state index is 5.32. The Hall–Kier alpha value is -0.580. The number of nitrogens with zero attached hydrogens (tertiary/aromatic N) is 1. The first-order valence-corrected chi connectivity index (χ1v) is 8.66. The van der Waals surface area contributed by atoms with E-state index in [1.54, 1.807) is 7.11 Å². The van der Waals surface area contributed by atoms with E-state index in [1.165, 1.54) is 36.0 Å². The summed E-state index contributed by atoms with van der Waals surface area (Å²) < 4.78 is 6.50. The maximum Gasteiger partial charge on any atom is 0.119 e. The van der Waals surface area contributed by atoms with Gasteiger partial charge in [-0.15, -0.1) is 0 Å². The molecule has 2 rings (SSSR count). The van der Waals surface area contributed by atoms with Crippen molar-refractivity contribution < 1.29 is 4.74 Å². The van der Waals surface area contributed by atoms with Crippen molar-refractivity contribution in [1.82, 2.24) is 10.2 Å². The van der Waals surface area contributed by atoms with Crippen molar-refractivity contribution in [3.63, 3.8) is 0 Å². The number of likely N-dealkylation sites (tertiary alicyclic amines) is 1. The standard InChI is InChI=1S/C17H27BrN2O/c1-13(2)19-11-14-6-8-20(9-7-14)12-15-10-16(21-3)4-5-17(15)18/h4-5,10,13-14,19H,6-9,11-12H2,1-3H3. The Morgan fingerprint density at radius 1 is 1.33 bits per heavy atom. The highest BCUT2D eigenvalue weighted by Gasteiger charge is 2.19. The first kappa shape index (κ1) is 16.8. The lowest BCUT2D eigenvalue weighted by Crippen LogP contribution is -2.38. The predicted molar refractivity (Wildman–Crippen MR) is 91.8 cm³/mol. The number of hydrogen-bond donors (Lipinski definition) is 1. The van der Waals surface area contributed by atoms with Crippen molar-refractivity contribution in [2.75, 3.05) is 26.7 Å². The minimum atomic E-state index is 0.593. The Kier molecular flexibility index (Phi) is 6.52. The highest BCUT2D eigenvalue weighted by Crippen LogP contribution is 2.25.